The molecular weight excluding hydrogens is 278 g/mol. The standard InChI is InChI=1S/C14H19NO2S2/c16-6-8-17-7-5-15-13(14-4-2-10-19-14)11-12-3-1-9-18-12/h1-4,9-10,13,15-16H,5-8,11H2. The van der Waals surface area contributed by atoms with E-state index in [1.165, 1.54) is 9.75 Å². The highest BCUT2D eigenvalue weighted by molar-refractivity contribution is 7.10. The second kappa shape index (κ2) is 8.45. The van der Waals surface area contributed by atoms with E-state index in [4.69, 9.17) is 9.84 Å². The second-order valence-corrected chi connectivity index (χ2v) is 6.15. The van der Waals surface area contributed by atoms with Gasteiger partial charge in [0.05, 0.1) is 19.8 Å². The molecule has 1 atom stereocenters. The summed E-state index contributed by atoms with van der Waals surface area (Å²) in [6.07, 6.45) is 1.01. The van der Waals surface area contributed by atoms with Crippen molar-refractivity contribution in [2.75, 3.05) is 26.4 Å². The van der Waals surface area contributed by atoms with Gasteiger partial charge >= 0.3 is 0 Å². The zero-order chi connectivity index (χ0) is 13.3. The van der Waals surface area contributed by atoms with Crippen LogP contribution in [0.2, 0.25) is 0 Å². The van der Waals surface area contributed by atoms with Crippen molar-refractivity contribution in [1.82, 2.24) is 5.32 Å². The van der Waals surface area contributed by atoms with Gasteiger partial charge in [-0.05, 0) is 22.9 Å². The normalized spacial score (nSPS) is 12.7. The molecule has 0 aliphatic carbocycles. The summed E-state index contributed by atoms with van der Waals surface area (Å²) >= 11 is 3.58. The molecule has 0 aromatic carbocycles. The van der Waals surface area contributed by atoms with Crippen LogP contribution in [-0.2, 0) is 11.2 Å². The molecule has 0 bridgehead atoms. The van der Waals surface area contributed by atoms with Crippen molar-refractivity contribution >= 4 is 22.7 Å². The molecular formula is C14H19NO2S2. The fourth-order valence-corrected chi connectivity index (χ4v) is 3.42. The molecule has 2 aromatic heterocycles. The second-order valence-electron chi connectivity index (χ2n) is 4.14. The summed E-state index contributed by atoms with van der Waals surface area (Å²) in [5, 5.41) is 16.4. The monoisotopic (exact) mass is 297 g/mol. The molecule has 2 rings (SSSR count). The van der Waals surface area contributed by atoms with Crippen LogP contribution in [-0.4, -0.2) is 31.5 Å². The van der Waals surface area contributed by atoms with Crippen LogP contribution >= 0.6 is 22.7 Å². The molecule has 1 unspecified atom stereocenters. The Morgan fingerprint density at radius 2 is 2.00 bits per heavy atom. The van der Waals surface area contributed by atoms with Crippen LogP contribution in [0.15, 0.2) is 35.0 Å². The summed E-state index contributed by atoms with van der Waals surface area (Å²) in [5.41, 5.74) is 0. The molecule has 0 aliphatic heterocycles. The van der Waals surface area contributed by atoms with E-state index in [2.05, 4.69) is 40.3 Å². The van der Waals surface area contributed by atoms with Crippen LogP contribution in [0.5, 0.6) is 0 Å². The average molecular weight is 297 g/mol. The van der Waals surface area contributed by atoms with Crippen molar-refractivity contribution in [3.05, 3.63) is 44.8 Å². The van der Waals surface area contributed by atoms with E-state index in [1.807, 2.05) is 0 Å². The summed E-state index contributed by atoms with van der Waals surface area (Å²) in [5.74, 6) is 0. The molecule has 0 saturated carbocycles. The van der Waals surface area contributed by atoms with Crippen LogP contribution < -0.4 is 5.32 Å². The number of hydrogen-bond donors (Lipinski definition) is 2. The van der Waals surface area contributed by atoms with Crippen molar-refractivity contribution in [1.29, 1.82) is 0 Å². The summed E-state index contributed by atoms with van der Waals surface area (Å²) in [6.45, 7) is 1.93. The molecule has 2 N–H and O–H groups in total. The Morgan fingerprint density at radius 1 is 1.16 bits per heavy atom. The number of hydrogen-bond acceptors (Lipinski definition) is 5. The van der Waals surface area contributed by atoms with E-state index in [1.54, 1.807) is 22.7 Å². The molecule has 19 heavy (non-hydrogen) atoms. The average Bonchev–Trinajstić information content (AvgIpc) is 3.10. The van der Waals surface area contributed by atoms with Crippen LogP contribution in [0, 0.1) is 0 Å². The molecule has 0 saturated heterocycles. The summed E-state index contributed by atoms with van der Waals surface area (Å²) in [4.78, 5) is 2.75. The van der Waals surface area contributed by atoms with Gasteiger partial charge in [0.15, 0.2) is 0 Å². The number of aliphatic hydroxyl groups excluding tert-OH is 1. The predicted molar refractivity (Wildman–Crippen MR) is 81.0 cm³/mol. The Balaban J connectivity index is 1.84. The van der Waals surface area contributed by atoms with Crippen molar-refractivity contribution in [2.45, 2.75) is 12.5 Å². The number of ether oxygens (including phenoxy) is 1. The summed E-state index contributed by atoms with van der Waals surface area (Å²) in [6, 6.07) is 8.87. The van der Waals surface area contributed by atoms with E-state index in [0.29, 0.717) is 19.3 Å². The van der Waals surface area contributed by atoms with Crippen molar-refractivity contribution in [2.24, 2.45) is 0 Å². The summed E-state index contributed by atoms with van der Waals surface area (Å²) < 4.78 is 5.28. The molecule has 3 nitrogen and oxygen atoms in total. The number of thiophene rings is 2. The molecule has 0 aliphatic rings. The first-order valence-electron chi connectivity index (χ1n) is 6.38. The third-order valence-electron chi connectivity index (χ3n) is 2.74. The Hall–Kier alpha value is -0.720. The first kappa shape index (κ1) is 14.7. The van der Waals surface area contributed by atoms with E-state index in [0.717, 1.165) is 13.0 Å². The fourth-order valence-electron chi connectivity index (χ4n) is 1.86. The topological polar surface area (TPSA) is 41.5 Å². The predicted octanol–water partition coefficient (Wildman–Crippen LogP) is 2.69. The maximum atomic E-state index is 8.65. The van der Waals surface area contributed by atoms with Crippen LogP contribution in [0.3, 0.4) is 0 Å². The Bertz CT molecular complexity index is 428. The summed E-state index contributed by atoms with van der Waals surface area (Å²) in [7, 11) is 0. The van der Waals surface area contributed by atoms with Crippen LogP contribution in [0.1, 0.15) is 15.8 Å². The minimum atomic E-state index is 0.0869. The number of nitrogens with one attached hydrogen (secondary N) is 1. The number of rotatable bonds is 9. The minimum Gasteiger partial charge on any atom is -0.394 e. The molecule has 0 fully saturated rings. The first-order valence-corrected chi connectivity index (χ1v) is 8.14. The van der Waals surface area contributed by atoms with Crippen molar-refractivity contribution in [3.8, 4) is 0 Å². The minimum absolute atomic E-state index is 0.0869. The Morgan fingerprint density at radius 3 is 2.68 bits per heavy atom. The molecule has 5 heteroatoms. The highest BCUT2D eigenvalue weighted by Gasteiger charge is 2.13. The highest BCUT2D eigenvalue weighted by Crippen LogP contribution is 2.24. The lowest BCUT2D eigenvalue weighted by atomic mass is 10.1. The Kier molecular flexibility index (Phi) is 6.53. The molecule has 0 radical (unpaired) electrons. The lowest BCUT2D eigenvalue weighted by Gasteiger charge is -2.16. The van der Waals surface area contributed by atoms with E-state index in [-0.39, 0.29) is 6.61 Å². The smallest absolute Gasteiger partial charge is 0.0698 e. The van der Waals surface area contributed by atoms with E-state index >= 15 is 0 Å². The quantitative estimate of drug-likeness (QED) is 0.699. The SMILES string of the molecule is OCCOCCNC(Cc1cccs1)c1cccs1. The zero-order valence-electron chi connectivity index (χ0n) is 10.7. The van der Waals surface area contributed by atoms with Gasteiger partial charge in [0.1, 0.15) is 0 Å². The molecule has 2 heterocycles. The van der Waals surface area contributed by atoms with Gasteiger partial charge in [0.2, 0.25) is 0 Å². The van der Waals surface area contributed by atoms with Gasteiger partial charge in [-0.1, -0.05) is 12.1 Å². The van der Waals surface area contributed by atoms with Crippen molar-refractivity contribution < 1.29 is 9.84 Å². The van der Waals surface area contributed by atoms with Crippen LogP contribution in [0.4, 0.5) is 0 Å². The maximum absolute atomic E-state index is 8.65. The van der Waals surface area contributed by atoms with Gasteiger partial charge in [-0.2, -0.15) is 0 Å². The fraction of sp³-hybridized carbons (Fsp3) is 0.429. The highest BCUT2D eigenvalue weighted by atomic mass is 32.1. The van der Waals surface area contributed by atoms with Gasteiger partial charge in [0.25, 0.3) is 0 Å². The van der Waals surface area contributed by atoms with Gasteiger partial charge in [0, 0.05) is 28.8 Å². The lowest BCUT2D eigenvalue weighted by molar-refractivity contribution is 0.0926. The van der Waals surface area contributed by atoms with E-state index in [9.17, 15) is 0 Å². The maximum Gasteiger partial charge on any atom is 0.0698 e. The van der Waals surface area contributed by atoms with Gasteiger partial charge in [-0.25, -0.2) is 0 Å². The van der Waals surface area contributed by atoms with Gasteiger partial charge in [-0.3, -0.25) is 0 Å². The molecule has 0 spiro atoms. The lowest BCUT2D eigenvalue weighted by Crippen LogP contribution is -2.26. The van der Waals surface area contributed by atoms with Gasteiger partial charge in [-0.15, -0.1) is 22.7 Å². The van der Waals surface area contributed by atoms with Gasteiger partial charge < -0.3 is 15.2 Å². The van der Waals surface area contributed by atoms with Crippen LogP contribution in [0.25, 0.3) is 0 Å². The molecule has 2 aromatic rings. The third kappa shape index (κ3) is 5.04. The number of aliphatic hydroxyl groups is 1. The van der Waals surface area contributed by atoms with E-state index < -0.39 is 0 Å². The third-order valence-corrected chi connectivity index (χ3v) is 4.63. The zero-order valence-corrected chi connectivity index (χ0v) is 12.4. The molecule has 104 valence electrons. The first-order chi connectivity index (χ1) is 9.40. The largest absolute Gasteiger partial charge is 0.394 e. The molecule has 0 amide bonds. The Labute approximate surface area is 121 Å². The van der Waals surface area contributed by atoms with Crippen molar-refractivity contribution in [3.63, 3.8) is 0 Å².